The summed E-state index contributed by atoms with van der Waals surface area (Å²) in [6, 6.07) is 1.92. The van der Waals surface area contributed by atoms with Crippen molar-refractivity contribution in [3.05, 3.63) is 16.7 Å². The molecule has 0 unspecified atom stereocenters. The molecule has 3 aromatic heterocycles. The molecule has 4 rings (SSSR count). The van der Waals surface area contributed by atoms with Gasteiger partial charge in [0.2, 0.25) is 5.65 Å². The normalized spacial score (nSPS) is 17.0. The molecule has 0 bridgehead atoms. The molecular weight excluding hydrogens is 336 g/mol. The fourth-order valence-electron chi connectivity index (χ4n) is 2.53. The minimum Gasteiger partial charge on any atom is -0.351 e. The second kappa shape index (κ2) is 4.85. The molecule has 0 radical (unpaired) electrons. The second-order valence-electron chi connectivity index (χ2n) is 5.14. The largest absolute Gasteiger partial charge is 0.351 e. The van der Waals surface area contributed by atoms with Gasteiger partial charge in [-0.3, -0.25) is 0 Å². The standard InChI is InChI=1S/C12H13BrN8/c1-19-2-4-20(5-3-19)11-12-16-17-18-21(12)9-6-8(13)7-14-10(9)15-11/h6-7H,2-5H2,1H3. The Morgan fingerprint density at radius 2 is 2.00 bits per heavy atom. The Bertz CT molecular complexity index is 807. The molecule has 0 aromatic carbocycles. The first-order valence-corrected chi connectivity index (χ1v) is 7.48. The van der Waals surface area contributed by atoms with E-state index in [1.165, 1.54) is 0 Å². The lowest BCUT2D eigenvalue weighted by molar-refractivity contribution is 0.312. The first-order valence-electron chi connectivity index (χ1n) is 6.69. The van der Waals surface area contributed by atoms with Crippen molar-refractivity contribution in [1.29, 1.82) is 0 Å². The summed E-state index contributed by atoms with van der Waals surface area (Å²) >= 11 is 3.42. The van der Waals surface area contributed by atoms with Crippen molar-refractivity contribution in [2.24, 2.45) is 0 Å². The summed E-state index contributed by atoms with van der Waals surface area (Å²) in [5.74, 6) is 0.801. The van der Waals surface area contributed by atoms with Crippen LogP contribution >= 0.6 is 15.9 Å². The first kappa shape index (κ1) is 12.8. The number of halogens is 1. The van der Waals surface area contributed by atoms with Gasteiger partial charge in [0.15, 0.2) is 11.5 Å². The van der Waals surface area contributed by atoms with E-state index in [2.05, 4.69) is 58.3 Å². The van der Waals surface area contributed by atoms with Crippen LogP contribution in [0.5, 0.6) is 0 Å². The van der Waals surface area contributed by atoms with E-state index in [9.17, 15) is 0 Å². The summed E-state index contributed by atoms with van der Waals surface area (Å²) in [6.07, 6.45) is 1.74. The number of pyridine rings is 1. The Hall–Kier alpha value is -1.87. The third kappa shape index (κ3) is 2.12. The van der Waals surface area contributed by atoms with Gasteiger partial charge in [-0.1, -0.05) is 0 Å². The molecule has 4 heterocycles. The Labute approximate surface area is 128 Å². The van der Waals surface area contributed by atoms with Crippen LogP contribution in [0.25, 0.3) is 16.8 Å². The third-order valence-corrected chi connectivity index (χ3v) is 4.16. The molecule has 0 aliphatic carbocycles. The van der Waals surface area contributed by atoms with Gasteiger partial charge in [0.05, 0.1) is 0 Å². The molecule has 108 valence electrons. The number of hydrogen-bond donors (Lipinski definition) is 0. The molecule has 0 atom stereocenters. The van der Waals surface area contributed by atoms with Crippen molar-refractivity contribution in [1.82, 2.24) is 34.9 Å². The van der Waals surface area contributed by atoms with E-state index in [4.69, 9.17) is 0 Å². The minimum atomic E-state index is 0.645. The highest BCUT2D eigenvalue weighted by Crippen LogP contribution is 2.23. The quantitative estimate of drug-likeness (QED) is 0.636. The summed E-state index contributed by atoms with van der Waals surface area (Å²) in [4.78, 5) is 13.6. The zero-order valence-corrected chi connectivity index (χ0v) is 13.0. The molecule has 21 heavy (non-hydrogen) atoms. The summed E-state index contributed by atoms with van der Waals surface area (Å²) in [7, 11) is 2.12. The van der Waals surface area contributed by atoms with Crippen molar-refractivity contribution in [2.45, 2.75) is 0 Å². The van der Waals surface area contributed by atoms with Crippen molar-refractivity contribution < 1.29 is 0 Å². The summed E-state index contributed by atoms with van der Waals surface area (Å²) < 4.78 is 2.58. The van der Waals surface area contributed by atoms with Crippen LogP contribution in [0.15, 0.2) is 16.7 Å². The van der Waals surface area contributed by atoms with Crippen LogP contribution in [0, 0.1) is 0 Å². The van der Waals surface area contributed by atoms with E-state index < -0.39 is 0 Å². The Balaban J connectivity index is 1.91. The smallest absolute Gasteiger partial charge is 0.222 e. The van der Waals surface area contributed by atoms with Crippen LogP contribution < -0.4 is 4.90 Å². The third-order valence-electron chi connectivity index (χ3n) is 3.73. The highest BCUT2D eigenvalue weighted by atomic mass is 79.9. The van der Waals surface area contributed by atoms with E-state index in [0.29, 0.717) is 11.3 Å². The molecule has 3 aromatic rings. The average molecular weight is 349 g/mol. The van der Waals surface area contributed by atoms with Crippen LogP contribution in [0.2, 0.25) is 0 Å². The fourth-order valence-corrected chi connectivity index (χ4v) is 2.85. The predicted molar refractivity (Wildman–Crippen MR) is 81.3 cm³/mol. The summed E-state index contributed by atoms with van der Waals surface area (Å²) in [6.45, 7) is 3.82. The number of hydrogen-bond acceptors (Lipinski definition) is 7. The van der Waals surface area contributed by atoms with E-state index in [1.54, 1.807) is 10.7 Å². The minimum absolute atomic E-state index is 0.645. The highest BCUT2D eigenvalue weighted by Gasteiger charge is 2.21. The molecule has 1 fully saturated rings. The van der Waals surface area contributed by atoms with Gasteiger partial charge in [-0.2, -0.15) is 4.52 Å². The van der Waals surface area contributed by atoms with Gasteiger partial charge in [-0.05, 0) is 39.5 Å². The average Bonchev–Trinajstić information content (AvgIpc) is 2.97. The van der Waals surface area contributed by atoms with Gasteiger partial charge in [0.1, 0.15) is 5.52 Å². The number of aromatic nitrogens is 6. The van der Waals surface area contributed by atoms with Crippen molar-refractivity contribution in [3.8, 4) is 0 Å². The van der Waals surface area contributed by atoms with Gasteiger partial charge in [0.25, 0.3) is 0 Å². The van der Waals surface area contributed by atoms with E-state index in [0.717, 1.165) is 42.0 Å². The van der Waals surface area contributed by atoms with Crippen LogP contribution in [-0.4, -0.2) is 68.1 Å². The van der Waals surface area contributed by atoms with Gasteiger partial charge in [-0.15, -0.1) is 5.10 Å². The molecule has 1 saturated heterocycles. The molecule has 0 N–H and O–H groups in total. The van der Waals surface area contributed by atoms with Crippen LogP contribution in [0.1, 0.15) is 0 Å². The monoisotopic (exact) mass is 348 g/mol. The number of likely N-dealkylation sites (N-methyl/N-ethyl adjacent to an activating group) is 1. The van der Waals surface area contributed by atoms with Crippen molar-refractivity contribution in [2.75, 3.05) is 38.1 Å². The predicted octanol–water partition coefficient (Wildman–Crippen LogP) is 0.582. The fraction of sp³-hybridized carbons (Fsp3) is 0.417. The van der Waals surface area contributed by atoms with E-state index in [-0.39, 0.29) is 0 Å². The van der Waals surface area contributed by atoms with Crippen LogP contribution in [0.3, 0.4) is 0 Å². The zero-order chi connectivity index (χ0) is 14.4. The van der Waals surface area contributed by atoms with Gasteiger partial charge in [0, 0.05) is 36.8 Å². The van der Waals surface area contributed by atoms with Crippen molar-refractivity contribution >= 4 is 38.6 Å². The lowest BCUT2D eigenvalue weighted by atomic mass is 10.3. The molecule has 9 heteroatoms. The number of nitrogens with zero attached hydrogens (tertiary/aromatic N) is 8. The van der Waals surface area contributed by atoms with Crippen LogP contribution in [0.4, 0.5) is 5.82 Å². The number of piperazine rings is 1. The topological polar surface area (TPSA) is 75.3 Å². The molecule has 1 aliphatic rings. The molecular formula is C12H13BrN8. The molecule has 1 aliphatic heterocycles. The molecule has 0 amide bonds. The summed E-state index contributed by atoms with van der Waals surface area (Å²) in [5.41, 5.74) is 2.11. The lowest BCUT2D eigenvalue weighted by Gasteiger charge is -2.33. The molecule has 0 saturated carbocycles. The Morgan fingerprint density at radius 3 is 2.81 bits per heavy atom. The van der Waals surface area contributed by atoms with E-state index >= 15 is 0 Å². The Morgan fingerprint density at radius 1 is 1.19 bits per heavy atom. The van der Waals surface area contributed by atoms with Crippen molar-refractivity contribution in [3.63, 3.8) is 0 Å². The maximum Gasteiger partial charge on any atom is 0.222 e. The molecule has 0 spiro atoms. The lowest BCUT2D eigenvalue weighted by Crippen LogP contribution is -2.45. The maximum atomic E-state index is 4.68. The van der Waals surface area contributed by atoms with Gasteiger partial charge >= 0.3 is 0 Å². The first-order chi connectivity index (χ1) is 10.2. The van der Waals surface area contributed by atoms with Crippen LogP contribution in [-0.2, 0) is 0 Å². The number of rotatable bonds is 1. The van der Waals surface area contributed by atoms with Gasteiger partial charge in [-0.25, -0.2) is 9.97 Å². The number of anilines is 1. The summed E-state index contributed by atoms with van der Waals surface area (Å²) in [5, 5.41) is 12.0. The van der Waals surface area contributed by atoms with Gasteiger partial charge < -0.3 is 9.80 Å². The number of tetrazole rings is 1. The Kier molecular flexibility index (Phi) is 2.96. The zero-order valence-electron chi connectivity index (χ0n) is 11.4. The van der Waals surface area contributed by atoms with E-state index in [1.807, 2.05) is 6.07 Å². The maximum absolute atomic E-state index is 4.68. The SMILES string of the molecule is CN1CCN(c2nc3ncc(Br)cc3n3nnnc23)CC1. The number of fused-ring (bicyclic) bond motifs is 3. The second-order valence-corrected chi connectivity index (χ2v) is 6.05. The molecule has 8 nitrogen and oxygen atoms in total. The highest BCUT2D eigenvalue weighted by molar-refractivity contribution is 9.10.